The fraction of sp³-hybridized carbons (Fsp3) is 0.586. The lowest BCUT2D eigenvalue weighted by Crippen LogP contribution is -2.30. The summed E-state index contributed by atoms with van der Waals surface area (Å²) in [5, 5.41) is 10.6. The number of aliphatic hydroxyl groups is 1. The van der Waals surface area contributed by atoms with Crippen LogP contribution in [-0.2, 0) is 65.4 Å². The Bertz CT molecular complexity index is 2780. The van der Waals surface area contributed by atoms with Crippen molar-refractivity contribution in [1.82, 2.24) is 0 Å². The normalized spacial score (nSPS) is 14.9. The van der Waals surface area contributed by atoms with Gasteiger partial charge in [0.1, 0.15) is 19.3 Å². The molecular weight excluding hydrogens is 1380 g/mol. The highest BCUT2D eigenvalue weighted by Crippen LogP contribution is 2.45. The third-order valence-corrected chi connectivity index (χ3v) is 17.4. The number of phosphoric ester groups is 2. The lowest BCUT2D eigenvalue weighted by atomic mass is 10.1. The number of hydrogen-bond donors (Lipinski definition) is 3. The van der Waals surface area contributed by atoms with Crippen molar-refractivity contribution < 1.29 is 80.2 Å². The Morgan fingerprint density at radius 1 is 0.264 bits per heavy atom. The van der Waals surface area contributed by atoms with Crippen molar-refractivity contribution in [2.75, 3.05) is 39.6 Å². The summed E-state index contributed by atoms with van der Waals surface area (Å²) in [5.74, 6) is -2.35. The van der Waals surface area contributed by atoms with E-state index in [0.717, 1.165) is 180 Å². The molecule has 106 heavy (non-hydrogen) atoms. The van der Waals surface area contributed by atoms with E-state index in [2.05, 4.69) is 210 Å². The molecule has 0 saturated carbocycles. The number of aliphatic hydroxyl groups excluding tert-OH is 1. The molecular formula is C87H138O17P2. The Kier molecular flexibility index (Phi) is 72.6. The monoisotopic (exact) mass is 1520 g/mol. The van der Waals surface area contributed by atoms with Gasteiger partial charge in [0.2, 0.25) is 0 Å². The van der Waals surface area contributed by atoms with Gasteiger partial charge in [-0.3, -0.25) is 37.3 Å². The molecule has 0 aliphatic carbocycles. The van der Waals surface area contributed by atoms with E-state index in [9.17, 15) is 43.2 Å². The molecule has 0 aromatic carbocycles. The van der Waals surface area contributed by atoms with Crippen LogP contribution in [0.2, 0.25) is 0 Å². The number of ether oxygens (including phenoxy) is 4. The highest BCUT2D eigenvalue weighted by atomic mass is 31.2. The largest absolute Gasteiger partial charge is 0.472 e. The van der Waals surface area contributed by atoms with E-state index >= 15 is 0 Å². The van der Waals surface area contributed by atoms with E-state index in [0.29, 0.717) is 38.5 Å². The molecule has 0 aliphatic heterocycles. The van der Waals surface area contributed by atoms with Gasteiger partial charge in [-0.2, -0.15) is 0 Å². The summed E-state index contributed by atoms with van der Waals surface area (Å²) in [4.78, 5) is 73.0. The van der Waals surface area contributed by atoms with Gasteiger partial charge in [-0.25, -0.2) is 9.13 Å². The molecule has 0 spiro atoms. The minimum atomic E-state index is -5.01. The van der Waals surface area contributed by atoms with Gasteiger partial charge < -0.3 is 33.8 Å². The number of carbonyl (C=O) groups excluding carboxylic acids is 4. The van der Waals surface area contributed by atoms with Crippen molar-refractivity contribution in [3.8, 4) is 0 Å². The van der Waals surface area contributed by atoms with E-state index in [1.165, 1.54) is 0 Å². The molecule has 0 fully saturated rings. The van der Waals surface area contributed by atoms with Gasteiger partial charge in [0.05, 0.1) is 26.4 Å². The molecule has 0 amide bonds. The van der Waals surface area contributed by atoms with Gasteiger partial charge in [0.25, 0.3) is 0 Å². The highest BCUT2D eigenvalue weighted by Gasteiger charge is 2.30. The van der Waals surface area contributed by atoms with Crippen LogP contribution >= 0.6 is 15.6 Å². The molecule has 5 unspecified atom stereocenters. The molecule has 17 nitrogen and oxygen atoms in total. The Morgan fingerprint density at radius 2 is 0.472 bits per heavy atom. The third kappa shape index (κ3) is 76.1. The van der Waals surface area contributed by atoms with Crippen molar-refractivity contribution >= 4 is 39.5 Å². The number of allylic oxidation sites excluding steroid dienone is 32. The van der Waals surface area contributed by atoms with Crippen LogP contribution < -0.4 is 0 Å². The van der Waals surface area contributed by atoms with Crippen LogP contribution in [0.5, 0.6) is 0 Å². The lowest BCUT2D eigenvalue weighted by molar-refractivity contribution is -0.161. The van der Waals surface area contributed by atoms with Crippen molar-refractivity contribution in [2.24, 2.45) is 0 Å². The van der Waals surface area contributed by atoms with Gasteiger partial charge >= 0.3 is 39.5 Å². The van der Waals surface area contributed by atoms with Crippen LogP contribution in [0.15, 0.2) is 194 Å². The van der Waals surface area contributed by atoms with E-state index in [-0.39, 0.29) is 25.7 Å². The average molecular weight is 1520 g/mol. The molecule has 598 valence electrons. The summed E-state index contributed by atoms with van der Waals surface area (Å²) in [5.41, 5.74) is 0. The predicted octanol–water partition coefficient (Wildman–Crippen LogP) is 23.3. The summed E-state index contributed by atoms with van der Waals surface area (Å²) < 4.78 is 68.5. The number of carbonyl (C=O) groups is 4. The lowest BCUT2D eigenvalue weighted by Gasteiger charge is -2.21. The summed E-state index contributed by atoms with van der Waals surface area (Å²) >= 11 is 0. The van der Waals surface area contributed by atoms with E-state index in [4.69, 9.17) is 37.0 Å². The zero-order valence-corrected chi connectivity index (χ0v) is 67.1. The molecule has 0 bridgehead atoms. The molecule has 3 N–H and O–H groups in total. The molecule has 0 heterocycles. The van der Waals surface area contributed by atoms with Crippen molar-refractivity contribution in [3.05, 3.63) is 194 Å². The summed E-state index contributed by atoms with van der Waals surface area (Å²) in [6.07, 6.45) is 94.2. The Balaban J connectivity index is 5.51. The Morgan fingerprint density at radius 3 is 0.764 bits per heavy atom. The van der Waals surface area contributed by atoms with Gasteiger partial charge in [0.15, 0.2) is 12.2 Å². The number of esters is 4. The van der Waals surface area contributed by atoms with Crippen molar-refractivity contribution in [3.63, 3.8) is 0 Å². The minimum absolute atomic E-state index is 0.0220. The first-order valence-corrected chi connectivity index (χ1v) is 42.7. The maximum absolute atomic E-state index is 13.1. The SMILES string of the molecule is CC/C=C\C/C=C\C/C=C\C/C=C\C/C=C\CCCC(=O)OCC(COP(=O)(O)OCC(O)COP(=O)(O)OCC(COC(=O)CCCCCC/C=C\C/C=C\C/C=C\C/C=C\CC)OC(=O)CCCCCCCCC/C=C\C/C=C\C/C=C\CC)OC(=O)CCCC/C=C\C/C=C\C/C=C\C/C=C\CC. The van der Waals surface area contributed by atoms with Crippen molar-refractivity contribution in [2.45, 2.75) is 290 Å². The van der Waals surface area contributed by atoms with E-state index < -0.39 is 97.5 Å². The fourth-order valence-electron chi connectivity index (χ4n) is 9.66. The molecule has 19 heteroatoms. The number of rotatable bonds is 72. The second-order valence-corrected chi connectivity index (χ2v) is 28.4. The molecule has 0 saturated heterocycles. The van der Waals surface area contributed by atoms with Crippen LogP contribution in [0.4, 0.5) is 0 Å². The van der Waals surface area contributed by atoms with E-state index in [1.807, 2.05) is 12.2 Å². The minimum Gasteiger partial charge on any atom is -0.462 e. The second-order valence-electron chi connectivity index (χ2n) is 25.5. The molecule has 0 aliphatic rings. The van der Waals surface area contributed by atoms with Gasteiger partial charge in [-0.15, -0.1) is 0 Å². The average Bonchev–Trinajstić information content (AvgIpc) is 0.901. The zero-order valence-electron chi connectivity index (χ0n) is 65.3. The molecule has 0 aromatic heterocycles. The van der Waals surface area contributed by atoms with Gasteiger partial charge in [-0.1, -0.05) is 267 Å². The topological polar surface area (TPSA) is 237 Å². The first-order valence-electron chi connectivity index (χ1n) is 39.7. The van der Waals surface area contributed by atoms with Crippen LogP contribution in [0.3, 0.4) is 0 Å². The zero-order chi connectivity index (χ0) is 77.4. The van der Waals surface area contributed by atoms with Crippen LogP contribution in [0, 0.1) is 0 Å². The molecule has 0 rings (SSSR count). The first kappa shape index (κ1) is 99.9. The number of unbranched alkanes of at least 4 members (excludes halogenated alkanes) is 14. The smallest absolute Gasteiger partial charge is 0.462 e. The molecule has 0 aromatic rings. The van der Waals surface area contributed by atoms with Crippen LogP contribution in [-0.4, -0.2) is 96.7 Å². The summed E-state index contributed by atoms with van der Waals surface area (Å²) in [6.45, 7) is 4.24. The van der Waals surface area contributed by atoms with Gasteiger partial charge in [0, 0.05) is 25.7 Å². The fourth-order valence-corrected chi connectivity index (χ4v) is 11.2. The summed E-state index contributed by atoms with van der Waals surface area (Å²) in [6, 6.07) is 0. The second kappa shape index (κ2) is 77.1. The number of hydrogen-bond acceptors (Lipinski definition) is 15. The molecule has 0 radical (unpaired) electrons. The van der Waals surface area contributed by atoms with Crippen LogP contribution in [0.25, 0.3) is 0 Å². The summed E-state index contributed by atoms with van der Waals surface area (Å²) in [7, 11) is -10.0. The first-order chi connectivity index (χ1) is 51.7. The standard InChI is InChI=1S/C87H138O17P2/c1-5-9-13-17-21-25-29-33-37-40-44-47-51-55-59-63-67-71-84(89)97-77-82(103-86(91)73-69-65-61-57-53-49-43-36-32-28-24-20-16-12-8-4)79-101-105(93,94)99-75-81(88)76-100-106(95,96)102-80-83(104-87(92)74-70-66-62-58-54-50-46-42-39-35-31-27-23-19-15-11-7-3)78-98-85(90)72-68-64-60-56-52-48-45-41-38-34-30-26-22-18-14-10-6-2/h9-16,21-28,33-39,43-45,47-48,53,55,57,59,81-83,88H,5-8,17-20,29-32,40-42,46,49-52,54,56,58,60-80H2,1-4H3,(H,93,94)(H,95,96)/b13-9-,14-10-,15-11-,16-12-,25-21-,26-22-,27-23-,28-24-,37-33-,38-34-,39-35-,43-36-,47-44-,48-45-,57-53-,59-55-. The Labute approximate surface area is 640 Å². The van der Waals surface area contributed by atoms with Crippen LogP contribution in [0.1, 0.15) is 272 Å². The predicted molar refractivity (Wildman–Crippen MR) is 436 cm³/mol. The van der Waals surface area contributed by atoms with Gasteiger partial charge in [-0.05, 0) is 173 Å². The quantitative estimate of drug-likeness (QED) is 0.0169. The highest BCUT2D eigenvalue weighted by molar-refractivity contribution is 7.47. The third-order valence-electron chi connectivity index (χ3n) is 15.5. The van der Waals surface area contributed by atoms with E-state index in [1.54, 1.807) is 0 Å². The number of phosphoric acid groups is 2. The maximum atomic E-state index is 13.1. The maximum Gasteiger partial charge on any atom is 0.472 e. The van der Waals surface area contributed by atoms with Crippen molar-refractivity contribution in [1.29, 1.82) is 0 Å². The molecule has 5 atom stereocenters. The Hall–Kier alpha value is -6.10.